The Labute approximate surface area is 237 Å². The van der Waals surface area contributed by atoms with Gasteiger partial charge in [0.15, 0.2) is 0 Å². The number of carbonyl (C=O) groups is 1. The molecule has 41 heavy (non-hydrogen) atoms. The molecule has 0 aliphatic carbocycles. The van der Waals surface area contributed by atoms with Crippen LogP contribution in [0.1, 0.15) is 49.8 Å². The van der Waals surface area contributed by atoms with Crippen LogP contribution in [-0.4, -0.2) is 43.2 Å². The van der Waals surface area contributed by atoms with Crippen LogP contribution in [0.3, 0.4) is 0 Å². The van der Waals surface area contributed by atoms with Crippen molar-refractivity contribution in [3.63, 3.8) is 0 Å². The van der Waals surface area contributed by atoms with E-state index in [1.807, 2.05) is 47.1 Å². The molecule has 5 rings (SSSR count). The van der Waals surface area contributed by atoms with Crippen LogP contribution in [0.4, 0.5) is 24.5 Å². The number of ether oxygens (including phenoxy) is 1. The van der Waals surface area contributed by atoms with E-state index in [0.717, 1.165) is 34.5 Å². The molecule has 2 aliphatic rings. The van der Waals surface area contributed by atoms with Gasteiger partial charge >= 0.3 is 6.18 Å². The molecule has 2 aromatic carbocycles. The van der Waals surface area contributed by atoms with E-state index in [1.54, 1.807) is 6.20 Å². The molecule has 1 unspecified atom stereocenters. The van der Waals surface area contributed by atoms with Gasteiger partial charge in [0.05, 0.1) is 23.4 Å². The van der Waals surface area contributed by atoms with E-state index in [9.17, 15) is 23.2 Å². The van der Waals surface area contributed by atoms with E-state index in [4.69, 9.17) is 10.5 Å². The molecule has 0 bridgehead atoms. The Morgan fingerprint density at radius 3 is 2.59 bits per heavy atom. The highest BCUT2D eigenvalue weighted by Crippen LogP contribution is 2.53. The fraction of sp³-hybridized carbons (Fsp3) is 0.387. The highest BCUT2D eigenvalue weighted by atomic mass is 19.4. The smallest absolute Gasteiger partial charge is 0.416 e. The summed E-state index contributed by atoms with van der Waals surface area (Å²) in [5, 5.41) is 9.62. The van der Waals surface area contributed by atoms with Gasteiger partial charge in [-0.15, -0.1) is 0 Å². The Morgan fingerprint density at radius 1 is 1.17 bits per heavy atom. The van der Waals surface area contributed by atoms with Crippen LogP contribution in [0.25, 0.3) is 11.1 Å². The maximum Gasteiger partial charge on any atom is 0.416 e. The Hall–Kier alpha value is -4.10. The number of amides is 1. The molecule has 1 aromatic heterocycles. The molecule has 1 spiro atoms. The summed E-state index contributed by atoms with van der Waals surface area (Å²) in [6, 6.07) is 15.0. The summed E-state index contributed by atoms with van der Waals surface area (Å²) in [5.74, 6) is 0.470. The minimum Gasteiger partial charge on any atom is -0.478 e. The van der Waals surface area contributed by atoms with Gasteiger partial charge in [-0.2, -0.15) is 18.4 Å². The molecule has 1 atom stereocenters. The third-order valence-electron chi connectivity index (χ3n) is 8.41. The van der Waals surface area contributed by atoms with E-state index in [2.05, 4.69) is 18.0 Å². The predicted octanol–water partition coefficient (Wildman–Crippen LogP) is 5.66. The topological polar surface area (TPSA) is 95.5 Å². The Bertz CT molecular complexity index is 1490. The van der Waals surface area contributed by atoms with E-state index >= 15 is 0 Å². The number of hydrogen-bond donors (Lipinski definition) is 1. The van der Waals surface area contributed by atoms with Crippen molar-refractivity contribution >= 4 is 17.3 Å². The predicted molar refractivity (Wildman–Crippen MR) is 151 cm³/mol. The van der Waals surface area contributed by atoms with E-state index in [0.29, 0.717) is 44.1 Å². The molecule has 1 amide bonds. The van der Waals surface area contributed by atoms with Crippen LogP contribution in [0.2, 0.25) is 0 Å². The molecule has 1 saturated heterocycles. The summed E-state index contributed by atoms with van der Waals surface area (Å²) >= 11 is 0. The van der Waals surface area contributed by atoms with Crippen molar-refractivity contribution in [1.82, 2.24) is 4.98 Å². The lowest BCUT2D eigenvalue weighted by Gasteiger charge is -2.44. The molecule has 3 aromatic rings. The third kappa shape index (κ3) is 4.99. The summed E-state index contributed by atoms with van der Waals surface area (Å²) in [5.41, 5.74) is 8.69. The van der Waals surface area contributed by atoms with Crippen LogP contribution in [-0.2, 0) is 16.4 Å². The minimum absolute atomic E-state index is 0.00149. The van der Waals surface area contributed by atoms with Gasteiger partial charge in [-0.3, -0.25) is 4.79 Å². The van der Waals surface area contributed by atoms with Crippen LogP contribution in [0.15, 0.2) is 54.7 Å². The number of anilines is 2. The number of carbonyl (C=O) groups excluding carboxylic acids is 1. The number of nitrogens with two attached hydrogens (primary N) is 1. The van der Waals surface area contributed by atoms with Gasteiger partial charge in [-0.25, -0.2) is 4.98 Å². The normalized spacial score (nSPS) is 17.8. The van der Waals surface area contributed by atoms with Crippen molar-refractivity contribution in [2.75, 3.05) is 36.0 Å². The van der Waals surface area contributed by atoms with Crippen molar-refractivity contribution in [3.8, 4) is 23.1 Å². The zero-order valence-electron chi connectivity index (χ0n) is 23.0. The first kappa shape index (κ1) is 28.4. The standard InChI is InChI=1S/C31H32F3N5O2/c1-3-41-29-24(5-4-14-37-29)21-6-8-25-27(18-21)39(28(40)10-13-35)20(2)30(25)11-15-38(16-12-30)26-9-7-23(31(32,33)34)17-22(26)19-36/h4-9,14,17-18,20H,3,10-13,15-16,35H2,1-2H3. The molecule has 3 heterocycles. The molecule has 10 heteroatoms. The lowest BCUT2D eigenvalue weighted by molar-refractivity contribution is -0.137. The van der Waals surface area contributed by atoms with E-state index < -0.39 is 11.7 Å². The summed E-state index contributed by atoms with van der Waals surface area (Å²) in [7, 11) is 0. The number of fused-ring (bicyclic) bond motifs is 2. The number of piperidine rings is 1. The SMILES string of the molecule is CCOc1ncccc1-c1ccc2c(c1)N(C(=O)CCN)C(C)C21CCN(c2ccc(C(F)(F)F)cc2C#N)CC1. The Kier molecular flexibility index (Phi) is 7.66. The minimum atomic E-state index is -4.52. The highest BCUT2D eigenvalue weighted by Gasteiger charge is 2.51. The Morgan fingerprint density at radius 2 is 1.93 bits per heavy atom. The largest absolute Gasteiger partial charge is 0.478 e. The quantitative estimate of drug-likeness (QED) is 0.416. The molecule has 7 nitrogen and oxygen atoms in total. The molecular formula is C31H32F3N5O2. The molecule has 1 fully saturated rings. The molecule has 214 valence electrons. The van der Waals surface area contributed by atoms with E-state index in [1.165, 1.54) is 6.07 Å². The summed E-state index contributed by atoms with van der Waals surface area (Å²) in [4.78, 5) is 21.6. The number of pyridine rings is 1. The average molecular weight is 564 g/mol. The van der Waals surface area contributed by atoms with Gasteiger partial charge in [-0.05, 0) is 74.2 Å². The number of benzene rings is 2. The number of hydrogen-bond acceptors (Lipinski definition) is 6. The second-order valence-electron chi connectivity index (χ2n) is 10.5. The Balaban J connectivity index is 1.50. The molecule has 0 saturated carbocycles. The number of alkyl halides is 3. The summed E-state index contributed by atoms with van der Waals surface area (Å²) < 4.78 is 45.5. The zero-order chi connectivity index (χ0) is 29.4. The highest BCUT2D eigenvalue weighted by molar-refractivity contribution is 5.98. The van der Waals surface area contributed by atoms with Crippen molar-refractivity contribution < 1.29 is 22.7 Å². The van der Waals surface area contributed by atoms with Gasteiger partial charge in [0, 0.05) is 55.0 Å². The third-order valence-corrected chi connectivity index (χ3v) is 8.41. The average Bonchev–Trinajstić information content (AvgIpc) is 3.19. The molecule has 0 radical (unpaired) electrons. The fourth-order valence-electron chi connectivity index (χ4n) is 6.37. The van der Waals surface area contributed by atoms with Crippen molar-refractivity contribution in [1.29, 1.82) is 5.26 Å². The van der Waals surface area contributed by atoms with Crippen molar-refractivity contribution in [2.24, 2.45) is 5.73 Å². The van der Waals surface area contributed by atoms with Gasteiger partial charge in [0.1, 0.15) is 6.07 Å². The van der Waals surface area contributed by atoms with Crippen LogP contribution in [0.5, 0.6) is 5.88 Å². The summed E-state index contributed by atoms with van der Waals surface area (Å²) in [6.45, 7) is 5.72. The maximum atomic E-state index is 13.4. The van der Waals surface area contributed by atoms with Gasteiger partial charge < -0.3 is 20.3 Å². The number of nitrogens with zero attached hydrogens (tertiary/aromatic N) is 4. The number of nitriles is 1. The summed E-state index contributed by atoms with van der Waals surface area (Å²) in [6.07, 6.45) is -1.30. The lowest BCUT2D eigenvalue weighted by atomic mass is 9.69. The molecular weight excluding hydrogens is 531 g/mol. The monoisotopic (exact) mass is 563 g/mol. The van der Waals surface area contributed by atoms with Gasteiger partial charge in [0.2, 0.25) is 11.8 Å². The second-order valence-corrected chi connectivity index (χ2v) is 10.5. The second kappa shape index (κ2) is 11.1. The first-order chi connectivity index (χ1) is 19.6. The van der Waals surface area contributed by atoms with Crippen LogP contribution in [0, 0.1) is 11.3 Å². The van der Waals surface area contributed by atoms with Crippen LogP contribution >= 0.6 is 0 Å². The van der Waals surface area contributed by atoms with Crippen LogP contribution < -0.4 is 20.3 Å². The van der Waals surface area contributed by atoms with Gasteiger partial charge in [-0.1, -0.05) is 12.1 Å². The van der Waals surface area contributed by atoms with E-state index in [-0.39, 0.29) is 35.9 Å². The number of halogens is 3. The first-order valence-electron chi connectivity index (χ1n) is 13.8. The maximum absolute atomic E-state index is 13.4. The van der Waals surface area contributed by atoms with Gasteiger partial charge in [0.25, 0.3) is 0 Å². The molecule has 2 aliphatic heterocycles. The molecule has 2 N–H and O–H groups in total. The fourth-order valence-corrected chi connectivity index (χ4v) is 6.37. The number of rotatable bonds is 6. The zero-order valence-corrected chi connectivity index (χ0v) is 23.0. The van der Waals surface area contributed by atoms with Crippen molar-refractivity contribution in [3.05, 3.63) is 71.4 Å². The first-order valence-corrected chi connectivity index (χ1v) is 13.8. The number of aromatic nitrogens is 1. The van der Waals surface area contributed by atoms with Crippen molar-refractivity contribution in [2.45, 2.75) is 50.7 Å². The lowest BCUT2D eigenvalue weighted by Crippen LogP contribution is -2.51.